The molecule has 1 aliphatic carbocycles. The van der Waals surface area contributed by atoms with Gasteiger partial charge in [0.15, 0.2) is 0 Å². The lowest BCUT2D eigenvalue weighted by molar-refractivity contribution is 0.0944. The molecule has 2 rings (SSSR count). The highest BCUT2D eigenvalue weighted by molar-refractivity contribution is 7.89. The second-order valence-electron chi connectivity index (χ2n) is 9.88. The minimum Gasteiger partial charge on any atom is -0.352 e. The molecule has 0 spiro atoms. The van der Waals surface area contributed by atoms with E-state index in [9.17, 15) is 13.2 Å². The van der Waals surface area contributed by atoms with Gasteiger partial charge in [0, 0.05) is 28.8 Å². The van der Waals surface area contributed by atoms with Crippen LogP contribution in [-0.2, 0) is 21.8 Å². The maximum Gasteiger partial charge on any atom is 0.252 e. The van der Waals surface area contributed by atoms with E-state index < -0.39 is 21.8 Å². The Morgan fingerprint density at radius 3 is 2.56 bits per heavy atom. The van der Waals surface area contributed by atoms with Crippen molar-refractivity contribution in [3.8, 4) is 0 Å². The number of carbonyl (C=O) groups is 1. The van der Waals surface area contributed by atoms with Gasteiger partial charge < -0.3 is 5.32 Å². The Morgan fingerprint density at radius 1 is 1.22 bits per heavy atom. The Bertz CT molecular complexity index is 1040. The van der Waals surface area contributed by atoms with E-state index in [1.165, 1.54) is 31.8 Å². The van der Waals surface area contributed by atoms with Gasteiger partial charge in [0.05, 0.1) is 32.2 Å². The smallest absolute Gasteiger partial charge is 0.252 e. The van der Waals surface area contributed by atoms with E-state index in [1.807, 2.05) is 19.9 Å². The van der Waals surface area contributed by atoms with Crippen LogP contribution in [0.25, 0.3) is 0 Å². The third-order valence-electron chi connectivity index (χ3n) is 6.89. The first kappa shape index (κ1) is 30.7. The molecule has 0 aromatic heterocycles. The average Bonchev–Trinajstić information content (AvgIpc) is 2.83. The molecule has 8 heteroatoms. The average molecular weight is 553 g/mol. The van der Waals surface area contributed by atoms with Crippen LogP contribution in [0.15, 0.2) is 58.4 Å². The monoisotopic (exact) mass is 552 g/mol. The molecule has 1 aliphatic rings. The van der Waals surface area contributed by atoms with Crippen LogP contribution in [0.3, 0.4) is 0 Å². The maximum absolute atomic E-state index is 13.5. The number of nitrogens with one attached hydrogen (secondary N) is 2. The number of hydrogen-bond donors (Lipinski definition) is 2. The molecule has 1 aromatic carbocycles. The molecule has 5 nitrogen and oxygen atoms in total. The molecule has 1 amide bonds. The van der Waals surface area contributed by atoms with Crippen molar-refractivity contribution in [2.45, 2.75) is 70.7 Å². The molecule has 1 fully saturated rings. The molecule has 5 unspecified atom stereocenters. The predicted molar refractivity (Wildman–Crippen MR) is 154 cm³/mol. The summed E-state index contributed by atoms with van der Waals surface area (Å²) in [6.45, 7) is 12.8. The number of halogens is 1. The first-order valence-corrected chi connectivity index (χ1v) is 15.7. The van der Waals surface area contributed by atoms with Crippen LogP contribution in [0, 0.1) is 17.8 Å². The van der Waals surface area contributed by atoms with E-state index in [0.717, 1.165) is 23.8 Å². The second-order valence-corrected chi connectivity index (χ2v) is 12.9. The number of amides is 1. The largest absolute Gasteiger partial charge is 0.352 e. The number of carbonyl (C=O) groups excluding carboxylic acids is 1. The zero-order valence-electron chi connectivity index (χ0n) is 22.1. The van der Waals surface area contributed by atoms with E-state index in [-0.39, 0.29) is 11.9 Å². The molecule has 6 atom stereocenters. The molecule has 1 aromatic rings. The lowest BCUT2D eigenvalue weighted by Gasteiger charge is -2.33. The van der Waals surface area contributed by atoms with Crippen LogP contribution in [-0.4, -0.2) is 33.2 Å². The van der Waals surface area contributed by atoms with E-state index in [0.29, 0.717) is 32.8 Å². The first-order valence-electron chi connectivity index (χ1n) is 12.7. The SMILES string of the molecule is C=C/C(=C\C=C(/C)[C@H](C)NS(C)=O)S(=O)c1ccc(Cl)cc1C(=O)NCCC1CC(C)CC(CC)C1. The highest BCUT2D eigenvalue weighted by Crippen LogP contribution is 2.36. The van der Waals surface area contributed by atoms with Gasteiger partial charge in [0.1, 0.15) is 0 Å². The van der Waals surface area contributed by atoms with Crippen molar-refractivity contribution < 1.29 is 13.2 Å². The number of hydrogen-bond acceptors (Lipinski definition) is 3. The molecule has 0 aliphatic heterocycles. The van der Waals surface area contributed by atoms with Crippen LogP contribution in [0.2, 0.25) is 5.02 Å². The Kier molecular flexibility index (Phi) is 12.8. The van der Waals surface area contributed by atoms with Crippen molar-refractivity contribution in [2.24, 2.45) is 17.8 Å². The minimum atomic E-state index is -1.62. The van der Waals surface area contributed by atoms with Crippen LogP contribution in [0.4, 0.5) is 0 Å². The standard InChI is InChI=1S/C28H41ClN2O3S2/c1-7-22-15-19(3)16-23(17-22)13-14-30-28(32)26-18-24(29)10-12-27(26)36(34)25(8-2)11-9-20(4)21(5)31-35(6)33/h8-12,18-19,21-23,31H,2,7,13-17H2,1,3-6H3,(H,30,32)/b20-9+,25-11+/t19?,21-,22?,23?,35?,36?/m0/s1. The Morgan fingerprint density at radius 2 is 1.92 bits per heavy atom. The van der Waals surface area contributed by atoms with Crippen molar-refractivity contribution in [1.82, 2.24) is 10.0 Å². The summed E-state index contributed by atoms with van der Waals surface area (Å²) in [6.07, 6.45) is 12.6. The van der Waals surface area contributed by atoms with Crippen molar-refractivity contribution in [2.75, 3.05) is 12.8 Å². The van der Waals surface area contributed by atoms with Gasteiger partial charge in [-0.2, -0.15) is 0 Å². The summed E-state index contributed by atoms with van der Waals surface area (Å²) in [5.74, 6) is 1.87. The molecule has 0 saturated heterocycles. The van der Waals surface area contributed by atoms with Gasteiger partial charge in [-0.1, -0.05) is 56.2 Å². The number of allylic oxidation sites excluding steroid dienone is 3. The lowest BCUT2D eigenvalue weighted by Crippen LogP contribution is -2.29. The zero-order valence-corrected chi connectivity index (χ0v) is 24.5. The van der Waals surface area contributed by atoms with Crippen LogP contribution in [0.5, 0.6) is 0 Å². The van der Waals surface area contributed by atoms with Crippen molar-refractivity contribution in [1.29, 1.82) is 0 Å². The zero-order chi connectivity index (χ0) is 26.8. The summed E-state index contributed by atoms with van der Waals surface area (Å²) in [7, 11) is -2.76. The van der Waals surface area contributed by atoms with Crippen molar-refractivity contribution in [3.05, 3.63) is 64.1 Å². The van der Waals surface area contributed by atoms with Gasteiger partial charge in [0.25, 0.3) is 5.91 Å². The summed E-state index contributed by atoms with van der Waals surface area (Å²) < 4.78 is 27.8. The fraction of sp³-hybridized carbons (Fsp3) is 0.536. The van der Waals surface area contributed by atoms with Crippen LogP contribution in [0.1, 0.15) is 70.2 Å². The molecule has 200 valence electrons. The van der Waals surface area contributed by atoms with E-state index >= 15 is 0 Å². The normalized spacial score (nSPS) is 23.6. The Balaban J connectivity index is 2.15. The van der Waals surface area contributed by atoms with Gasteiger partial charge in [-0.3, -0.25) is 4.79 Å². The lowest BCUT2D eigenvalue weighted by atomic mass is 9.74. The van der Waals surface area contributed by atoms with Crippen LogP contribution < -0.4 is 10.0 Å². The van der Waals surface area contributed by atoms with E-state index in [4.69, 9.17) is 11.6 Å². The number of rotatable bonds is 12. The fourth-order valence-corrected chi connectivity index (χ4v) is 6.82. The summed E-state index contributed by atoms with van der Waals surface area (Å²) in [5.41, 5.74) is 1.24. The Hall–Kier alpha value is -1.54. The maximum atomic E-state index is 13.5. The van der Waals surface area contributed by atoms with Gasteiger partial charge in [-0.25, -0.2) is 13.1 Å². The van der Waals surface area contributed by atoms with Gasteiger partial charge in [-0.05, 0) is 81.6 Å². The van der Waals surface area contributed by atoms with Crippen molar-refractivity contribution in [3.63, 3.8) is 0 Å². The van der Waals surface area contributed by atoms with Gasteiger partial charge >= 0.3 is 0 Å². The number of benzene rings is 1. The molecular formula is C28H41ClN2O3S2. The highest BCUT2D eigenvalue weighted by atomic mass is 35.5. The molecule has 0 heterocycles. The van der Waals surface area contributed by atoms with E-state index in [2.05, 4.69) is 30.5 Å². The molecule has 36 heavy (non-hydrogen) atoms. The summed E-state index contributed by atoms with van der Waals surface area (Å²) in [6, 6.07) is 4.75. The predicted octanol–water partition coefficient (Wildman–Crippen LogP) is 6.32. The highest BCUT2D eigenvalue weighted by Gasteiger charge is 2.25. The minimum absolute atomic E-state index is 0.108. The third kappa shape index (κ3) is 9.40. The molecular weight excluding hydrogens is 512 g/mol. The Labute approximate surface area is 227 Å². The molecule has 2 N–H and O–H groups in total. The summed E-state index contributed by atoms with van der Waals surface area (Å²) >= 11 is 6.21. The van der Waals surface area contributed by atoms with Crippen molar-refractivity contribution >= 4 is 39.3 Å². The molecule has 0 bridgehead atoms. The van der Waals surface area contributed by atoms with Gasteiger partial charge in [0.2, 0.25) is 0 Å². The van der Waals surface area contributed by atoms with E-state index in [1.54, 1.807) is 30.5 Å². The summed E-state index contributed by atoms with van der Waals surface area (Å²) in [5, 5.41) is 3.45. The summed E-state index contributed by atoms with van der Waals surface area (Å²) in [4.78, 5) is 14.0. The fourth-order valence-electron chi connectivity index (χ4n) is 4.83. The third-order valence-corrected chi connectivity index (χ3v) is 9.30. The quantitative estimate of drug-likeness (QED) is 0.298. The molecule has 1 saturated carbocycles. The molecule has 0 radical (unpaired) electrons. The first-order chi connectivity index (χ1) is 17.0. The second kappa shape index (κ2) is 15.0. The van der Waals surface area contributed by atoms with Gasteiger partial charge in [-0.15, -0.1) is 0 Å². The van der Waals surface area contributed by atoms with Crippen LogP contribution >= 0.6 is 11.6 Å². The topological polar surface area (TPSA) is 75.3 Å².